The van der Waals surface area contributed by atoms with Crippen LogP contribution in [0.3, 0.4) is 0 Å². The van der Waals surface area contributed by atoms with E-state index >= 15 is 0 Å². The first-order valence-corrected chi connectivity index (χ1v) is 7.00. The molecule has 7 heteroatoms. The van der Waals surface area contributed by atoms with E-state index in [1.54, 1.807) is 12.0 Å². The van der Waals surface area contributed by atoms with Gasteiger partial charge in [-0.25, -0.2) is 4.79 Å². The smallest absolute Gasteiger partial charge is 0.329 e. The Morgan fingerprint density at radius 2 is 2.30 bits per heavy atom. The molecule has 0 radical (unpaired) electrons. The maximum absolute atomic E-state index is 12.2. The Morgan fingerprint density at radius 3 is 2.95 bits per heavy atom. The van der Waals surface area contributed by atoms with Gasteiger partial charge in [-0.1, -0.05) is 12.1 Å². The third-order valence-corrected chi connectivity index (χ3v) is 3.82. The standard InChI is InChI=1S/C13H22N4O3/c1-4-10-14-11(20-16-10)15-12(18)17-8-5-6-13(2,19-3)7-9-17/h4-9H2,1-3H3,(H,14,15,16,18). The van der Waals surface area contributed by atoms with Crippen molar-refractivity contribution in [2.24, 2.45) is 0 Å². The Bertz CT molecular complexity index is 462. The molecule has 1 aliphatic rings. The van der Waals surface area contributed by atoms with Gasteiger partial charge >= 0.3 is 12.0 Å². The number of nitrogens with zero attached hydrogens (tertiary/aromatic N) is 3. The molecule has 1 atom stereocenters. The molecule has 112 valence electrons. The lowest BCUT2D eigenvalue weighted by molar-refractivity contribution is -0.00492. The zero-order chi connectivity index (χ0) is 14.6. The van der Waals surface area contributed by atoms with Crippen LogP contribution in [0.15, 0.2) is 4.52 Å². The molecular formula is C13H22N4O3. The molecule has 1 aromatic heterocycles. The van der Waals surface area contributed by atoms with E-state index in [9.17, 15) is 4.79 Å². The second-order valence-corrected chi connectivity index (χ2v) is 5.29. The Hall–Kier alpha value is -1.63. The van der Waals surface area contributed by atoms with Crippen molar-refractivity contribution in [3.05, 3.63) is 5.82 Å². The summed E-state index contributed by atoms with van der Waals surface area (Å²) in [5.41, 5.74) is -0.144. The van der Waals surface area contributed by atoms with Crippen molar-refractivity contribution in [3.8, 4) is 0 Å². The van der Waals surface area contributed by atoms with Crippen LogP contribution in [0.1, 0.15) is 38.9 Å². The van der Waals surface area contributed by atoms with Crippen LogP contribution in [0.25, 0.3) is 0 Å². The average Bonchev–Trinajstić information content (AvgIpc) is 2.80. The predicted octanol–water partition coefficient (Wildman–Crippen LogP) is 2.05. The van der Waals surface area contributed by atoms with Crippen LogP contribution in [-0.4, -0.2) is 46.9 Å². The van der Waals surface area contributed by atoms with E-state index in [1.807, 2.05) is 6.92 Å². The van der Waals surface area contributed by atoms with Gasteiger partial charge < -0.3 is 14.2 Å². The van der Waals surface area contributed by atoms with Gasteiger partial charge in [0.25, 0.3) is 0 Å². The van der Waals surface area contributed by atoms with E-state index in [0.29, 0.717) is 25.3 Å². The summed E-state index contributed by atoms with van der Waals surface area (Å²) in [4.78, 5) is 18.0. The first-order chi connectivity index (χ1) is 9.56. The molecule has 2 rings (SSSR count). The SMILES string of the molecule is CCc1noc(NC(=O)N2CCCC(C)(OC)CC2)n1. The minimum absolute atomic E-state index is 0.144. The number of urea groups is 1. The second kappa shape index (κ2) is 6.21. The molecular weight excluding hydrogens is 260 g/mol. The summed E-state index contributed by atoms with van der Waals surface area (Å²) in [5.74, 6) is 0.586. The number of hydrogen-bond acceptors (Lipinski definition) is 5. The molecule has 1 aliphatic heterocycles. The highest BCUT2D eigenvalue weighted by molar-refractivity contribution is 5.87. The van der Waals surface area contributed by atoms with Crippen LogP contribution < -0.4 is 5.32 Å². The molecule has 1 fully saturated rings. The number of aryl methyl sites for hydroxylation is 1. The molecule has 1 unspecified atom stereocenters. The molecule has 20 heavy (non-hydrogen) atoms. The van der Waals surface area contributed by atoms with E-state index in [4.69, 9.17) is 9.26 Å². The van der Waals surface area contributed by atoms with E-state index < -0.39 is 0 Å². The Morgan fingerprint density at radius 1 is 1.50 bits per heavy atom. The number of likely N-dealkylation sites (tertiary alicyclic amines) is 1. The number of ether oxygens (including phenoxy) is 1. The molecule has 0 aliphatic carbocycles. The molecule has 0 saturated carbocycles. The lowest BCUT2D eigenvalue weighted by Crippen LogP contribution is -2.37. The Kier molecular flexibility index (Phi) is 4.59. The number of methoxy groups -OCH3 is 1. The summed E-state index contributed by atoms with van der Waals surface area (Å²) >= 11 is 0. The number of carbonyl (C=O) groups excluding carboxylic acids is 1. The fourth-order valence-electron chi connectivity index (χ4n) is 2.28. The third kappa shape index (κ3) is 3.47. The van der Waals surface area contributed by atoms with Crippen LogP contribution in [-0.2, 0) is 11.2 Å². The van der Waals surface area contributed by atoms with Crippen molar-refractivity contribution in [3.63, 3.8) is 0 Å². The fourth-order valence-corrected chi connectivity index (χ4v) is 2.28. The third-order valence-electron chi connectivity index (χ3n) is 3.82. The second-order valence-electron chi connectivity index (χ2n) is 5.29. The average molecular weight is 282 g/mol. The minimum atomic E-state index is -0.198. The van der Waals surface area contributed by atoms with Crippen molar-refractivity contribution < 1.29 is 14.1 Å². The van der Waals surface area contributed by atoms with Gasteiger partial charge in [0.1, 0.15) is 0 Å². The van der Waals surface area contributed by atoms with Gasteiger partial charge in [0.15, 0.2) is 5.82 Å². The van der Waals surface area contributed by atoms with E-state index in [2.05, 4.69) is 22.4 Å². The molecule has 0 aromatic carbocycles. The van der Waals surface area contributed by atoms with E-state index in [1.165, 1.54) is 0 Å². The van der Waals surface area contributed by atoms with Gasteiger partial charge in [0.2, 0.25) is 0 Å². The highest BCUT2D eigenvalue weighted by Gasteiger charge is 2.29. The molecule has 0 bridgehead atoms. The lowest BCUT2D eigenvalue weighted by Gasteiger charge is -2.26. The highest BCUT2D eigenvalue weighted by atomic mass is 16.5. The molecule has 2 heterocycles. The van der Waals surface area contributed by atoms with Gasteiger partial charge in [0.05, 0.1) is 5.60 Å². The van der Waals surface area contributed by atoms with E-state index in [0.717, 1.165) is 19.3 Å². The van der Waals surface area contributed by atoms with Crippen molar-refractivity contribution in [2.75, 3.05) is 25.5 Å². The van der Waals surface area contributed by atoms with Gasteiger partial charge in [-0.2, -0.15) is 4.98 Å². The number of carbonyl (C=O) groups is 1. The van der Waals surface area contributed by atoms with Crippen LogP contribution in [0.5, 0.6) is 0 Å². The summed E-state index contributed by atoms with van der Waals surface area (Å²) in [6, 6.07) is -0.0396. The van der Waals surface area contributed by atoms with Crippen LogP contribution in [0.4, 0.5) is 10.8 Å². The Balaban J connectivity index is 1.92. The van der Waals surface area contributed by atoms with Crippen LogP contribution in [0, 0.1) is 0 Å². The summed E-state index contributed by atoms with van der Waals surface area (Å²) < 4.78 is 10.5. The monoisotopic (exact) mass is 282 g/mol. The zero-order valence-corrected chi connectivity index (χ0v) is 12.3. The maximum Gasteiger partial charge on any atom is 0.329 e. The number of rotatable bonds is 3. The topological polar surface area (TPSA) is 80.5 Å². The fraction of sp³-hybridized carbons (Fsp3) is 0.769. The number of aromatic nitrogens is 2. The number of amides is 2. The Labute approximate surface area is 118 Å². The minimum Gasteiger partial charge on any atom is -0.378 e. The number of anilines is 1. The first-order valence-electron chi connectivity index (χ1n) is 7.00. The highest BCUT2D eigenvalue weighted by Crippen LogP contribution is 2.25. The van der Waals surface area contributed by atoms with Crippen molar-refractivity contribution in [2.45, 2.75) is 45.1 Å². The summed E-state index contributed by atoms with van der Waals surface area (Å²) in [5, 5.41) is 6.39. The molecule has 0 spiro atoms. The molecule has 1 saturated heterocycles. The van der Waals surface area contributed by atoms with Gasteiger partial charge in [0, 0.05) is 26.6 Å². The maximum atomic E-state index is 12.2. The normalized spacial score (nSPS) is 23.4. The summed E-state index contributed by atoms with van der Waals surface area (Å²) in [6.07, 6.45) is 3.37. The first kappa shape index (κ1) is 14.8. The lowest BCUT2D eigenvalue weighted by atomic mass is 9.97. The van der Waals surface area contributed by atoms with Crippen LogP contribution >= 0.6 is 0 Å². The molecule has 1 N–H and O–H groups in total. The summed E-state index contributed by atoms with van der Waals surface area (Å²) in [7, 11) is 1.72. The van der Waals surface area contributed by atoms with Crippen molar-refractivity contribution >= 4 is 12.0 Å². The van der Waals surface area contributed by atoms with Gasteiger partial charge in [-0.15, -0.1) is 0 Å². The largest absolute Gasteiger partial charge is 0.378 e. The van der Waals surface area contributed by atoms with E-state index in [-0.39, 0.29) is 17.6 Å². The number of nitrogens with one attached hydrogen (secondary N) is 1. The van der Waals surface area contributed by atoms with Gasteiger partial charge in [-0.05, 0) is 26.2 Å². The van der Waals surface area contributed by atoms with Crippen molar-refractivity contribution in [1.29, 1.82) is 0 Å². The van der Waals surface area contributed by atoms with Crippen LogP contribution in [0.2, 0.25) is 0 Å². The molecule has 7 nitrogen and oxygen atoms in total. The molecule has 1 aromatic rings. The number of hydrogen-bond donors (Lipinski definition) is 1. The quantitative estimate of drug-likeness (QED) is 0.917. The van der Waals surface area contributed by atoms with Crippen molar-refractivity contribution in [1.82, 2.24) is 15.0 Å². The van der Waals surface area contributed by atoms with Gasteiger partial charge in [-0.3, -0.25) is 5.32 Å². The predicted molar refractivity (Wildman–Crippen MR) is 73.5 cm³/mol. The summed E-state index contributed by atoms with van der Waals surface area (Å²) in [6.45, 7) is 5.38. The molecule has 2 amide bonds. The zero-order valence-electron chi connectivity index (χ0n) is 12.3.